The molecule has 1 heterocycles. The highest BCUT2D eigenvalue weighted by atomic mass is 16.1. The van der Waals surface area contributed by atoms with Crippen LogP contribution < -0.4 is 10.2 Å². The van der Waals surface area contributed by atoms with Crippen molar-refractivity contribution >= 4 is 11.6 Å². The molecule has 3 aromatic rings. The predicted octanol–water partition coefficient (Wildman–Crippen LogP) is 4.05. The van der Waals surface area contributed by atoms with Gasteiger partial charge in [-0.1, -0.05) is 17.7 Å². The first-order valence-electron chi connectivity index (χ1n) is 9.06. The van der Waals surface area contributed by atoms with E-state index >= 15 is 0 Å². The number of carbonyl (C=O) groups is 1. The third-order valence-electron chi connectivity index (χ3n) is 4.79. The molecule has 5 nitrogen and oxygen atoms in total. The van der Waals surface area contributed by atoms with E-state index in [9.17, 15) is 4.79 Å². The van der Waals surface area contributed by atoms with Crippen molar-refractivity contribution in [2.45, 2.75) is 26.8 Å². The van der Waals surface area contributed by atoms with Gasteiger partial charge in [0.1, 0.15) is 0 Å². The van der Waals surface area contributed by atoms with Gasteiger partial charge in [0.2, 0.25) is 0 Å². The zero-order valence-corrected chi connectivity index (χ0v) is 16.5. The molecule has 0 bridgehead atoms. The molecule has 1 atom stereocenters. The fourth-order valence-electron chi connectivity index (χ4n) is 3.06. The van der Waals surface area contributed by atoms with Gasteiger partial charge >= 0.3 is 0 Å². The lowest BCUT2D eigenvalue weighted by Gasteiger charge is -2.16. The molecule has 0 spiro atoms. The largest absolute Gasteiger partial charge is 0.378 e. The van der Waals surface area contributed by atoms with Gasteiger partial charge in [-0.25, -0.2) is 4.68 Å². The molecule has 0 saturated heterocycles. The Kier molecular flexibility index (Phi) is 5.31. The summed E-state index contributed by atoms with van der Waals surface area (Å²) >= 11 is 0. The first kappa shape index (κ1) is 18.7. The number of aryl methyl sites for hydroxylation is 1. The van der Waals surface area contributed by atoms with Crippen molar-refractivity contribution in [2.24, 2.45) is 0 Å². The summed E-state index contributed by atoms with van der Waals surface area (Å²) in [6.45, 7) is 6.07. The van der Waals surface area contributed by atoms with E-state index in [1.807, 2.05) is 68.0 Å². The molecule has 1 aromatic heterocycles. The molecule has 1 N–H and O–H groups in total. The maximum Gasteiger partial charge on any atom is 0.251 e. The average molecular weight is 362 g/mol. The molecule has 0 aliphatic rings. The topological polar surface area (TPSA) is 50.2 Å². The molecule has 0 aliphatic carbocycles. The number of benzene rings is 2. The van der Waals surface area contributed by atoms with Crippen LogP contribution in [0.2, 0.25) is 0 Å². The summed E-state index contributed by atoms with van der Waals surface area (Å²) in [6.07, 6.45) is 1.83. The smallest absolute Gasteiger partial charge is 0.251 e. The molecule has 0 saturated carbocycles. The minimum absolute atomic E-state index is 0.0877. The highest BCUT2D eigenvalue weighted by molar-refractivity contribution is 5.94. The Balaban J connectivity index is 1.75. The van der Waals surface area contributed by atoms with E-state index in [4.69, 9.17) is 0 Å². The molecule has 3 rings (SSSR count). The molecule has 0 unspecified atom stereocenters. The lowest BCUT2D eigenvalue weighted by Crippen LogP contribution is -2.27. The Hall–Kier alpha value is -3.08. The van der Waals surface area contributed by atoms with Gasteiger partial charge in [0.15, 0.2) is 0 Å². The van der Waals surface area contributed by atoms with Crippen molar-refractivity contribution < 1.29 is 4.79 Å². The molecule has 1 amide bonds. The minimum atomic E-state index is -0.134. The summed E-state index contributed by atoms with van der Waals surface area (Å²) < 4.78 is 1.91. The normalized spacial score (nSPS) is 11.9. The first-order chi connectivity index (χ1) is 12.9. The standard InChI is InChI=1S/C22H26N4O/c1-15-6-10-20(11-7-15)26-17(3)21(14-23-26)16(2)24-22(27)18-8-12-19(13-9-18)25(4)5/h6-14,16H,1-5H3,(H,24,27)/t16-/m1/s1. The van der Waals surface area contributed by atoms with Crippen molar-refractivity contribution in [3.05, 3.63) is 77.1 Å². The van der Waals surface area contributed by atoms with Crippen molar-refractivity contribution in [1.82, 2.24) is 15.1 Å². The second kappa shape index (κ2) is 7.66. The lowest BCUT2D eigenvalue weighted by atomic mass is 10.1. The van der Waals surface area contributed by atoms with Crippen molar-refractivity contribution in [3.63, 3.8) is 0 Å². The van der Waals surface area contributed by atoms with Crippen molar-refractivity contribution in [2.75, 3.05) is 19.0 Å². The number of aromatic nitrogens is 2. The molecule has 5 heteroatoms. The van der Waals surface area contributed by atoms with Gasteiger partial charge in [0.05, 0.1) is 17.9 Å². The molecule has 27 heavy (non-hydrogen) atoms. The summed E-state index contributed by atoms with van der Waals surface area (Å²) in [5.74, 6) is -0.0877. The summed E-state index contributed by atoms with van der Waals surface area (Å²) in [5.41, 5.74) is 5.97. The Morgan fingerprint density at radius 2 is 1.67 bits per heavy atom. The molecule has 140 valence electrons. The summed E-state index contributed by atoms with van der Waals surface area (Å²) in [5, 5.41) is 7.58. The SMILES string of the molecule is Cc1ccc(-n2ncc([C@@H](C)NC(=O)c3ccc(N(C)C)cc3)c2C)cc1. The van der Waals surface area contributed by atoms with Gasteiger partial charge in [-0.15, -0.1) is 0 Å². The van der Waals surface area contributed by atoms with Crippen molar-refractivity contribution in [1.29, 1.82) is 0 Å². The van der Waals surface area contributed by atoms with E-state index in [1.54, 1.807) is 0 Å². The maximum atomic E-state index is 12.6. The van der Waals surface area contributed by atoms with Crippen LogP contribution >= 0.6 is 0 Å². The zero-order chi connectivity index (χ0) is 19.6. The Morgan fingerprint density at radius 3 is 2.26 bits per heavy atom. The number of anilines is 1. The van der Waals surface area contributed by atoms with Gasteiger partial charge in [-0.05, 0) is 57.2 Å². The first-order valence-corrected chi connectivity index (χ1v) is 9.06. The number of hydrogen-bond acceptors (Lipinski definition) is 3. The van der Waals surface area contributed by atoms with E-state index in [0.717, 1.165) is 22.6 Å². The van der Waals surface area contributed by atoms with Crippen LogP contribution in [0.5, 0.6) is 0 Å². The number of rotatable bonds is 5. The van der Waals surface area contributed by atoms with E-state index < -0.39 is 0 Å². The molecule has 0 fully saturated rings. The van der Waals surface area contributed by atoms with Gasteiger partial charge in [-0.2, -0.15) is 5.10 Å². The van der Waals surface area contributed by atoms with E-state index in [2.05, 4.69) is 41.6 Å². The summed E-state index contributed by atoms with van der Waals surface area (Å²) in [7, 11) is 3.96. The minimum Gasteiger partial charge on any atom is -0.378 e. The van der Waals surface area contributed by atoms with Gasteiger partial charge in [0, 0.05) is 36.6 Å². The zero-order valence-electron chi connectivity index (χ0n) is 16.5. The Morgan fingerprint density at radius 1 is 1.04 bits per heavy atom. The van der Waals surface area contributed by atoms with Gasteiger partial charge < -0.3 is 10.2 Å². The summed E-state index contributed by atoms with van der Waals surface area (Å²) in [6, 6.07) is 15.7. The van der Waals surface area contributed by atoms with Gasteiger partial charge in [-0.3, -0.25) is 4.79 Å². The third kappa shape index (κ3) is 4.03. The fourth-order valence-corrected chi connectivity index (χ4v) is 3.06. The van der Waals surface area contributed by atoms with Crippen molar-refractivity contribution in [3.8, 4) is 5.69 Å². The van der Waals surface area contributed by atoms with Crippen LogP contribution in [0.15, 0.2) is 54.7 Å². The highest BCUT2D eigenvalue weighted by Crippen LogP contribution is 2.21. The van der Waals surface area contributed by atoms with Crippen LogP contribution in [0.3, 0.4) is 0 Å². The molecule has 2 aromatic carbocycles. The van der Waals surface area contributed by atoms with Crippen LogP contribution in [0.1, 0.15) is 40.1 Å². The van der Waals surface area contributed by atoms with E-state index in [0.29, 0.717) is 5.56 Å². The Labute approximate surface area is 160 Å². The fraction of sp³-hybridized carbons (Fsp3) is 0.273. The maximum absolute atomic E-state index is 12.6. The Bertz CT molecular complexity index is 924. The summed E-state index contributed by atoms with van der Waals surface area (Å²) in [4.78, 5) is 14.6. The number of nitrogens with one attached hydrogen (secondary N) is 1. The monoisotopic (exact) mass is 362 g/mol. The molecular weight excluding hydrogens is 336 g/mol. The van der Waals surface area contributed by atoms with E-state index in [1.165, 1.54) is 5.56 Å². The molecular formula is C22H26N4O. The number of hydrogen-bond donors (Lipinski definition) is 1. The highest BCUT2D eigenvalue weighted by Gasteiger charge is 2.17. The number of nitrogens with zero attached hydrogens (tertiary/aromatic N) is 3. The van der Waals surface area contributed by atoms with Crippen LogP contribution in [0.25, 0.3) is 5.69 Å². The number of amides is 1. The second-order valence-electron chi connectivity index (χ2n) is 7.07. The average Bonchev–Trinajstić information content (AvgIpc) is 3.04. The second-order valence-corrected chi connectivity index (χ2v) is 7.07. The van der Waals surface area contributed by atoms with Crippen LogP contribution in [0.4, 0.5) is 5.69 Å². The molecule has 0 aliphatic heterocycles. The third-order valence-corrected chi connectivity index (χ3v) is 4.79. The van der Waals surface area contributed by atoms with E-state index in [-0.39, 0.29) is 11.9 Å². The molecule has 0 radical (unpaired) electrons. The predicted molar refractivity (Wildman–Crippen MR) is 110 cm³/mol. The van der Waals surface area contributed by atoms with Crippen LogP contribution in [-0.4, -0.2) is 29.8 Å². The van der Waals surface area contributed by atoms with Crippen LogP contribution in [0, 0.1) is 13.8 Å². The quantitative estimate of drug-likeness (QED) is 0.745. The lowest BCUT2D eigenvalue weighted by molar-refractivity contribution is 0.0940. The van der Waals surface area contributed by atoms with Gasteiger partial charge in [0.25, 0.3) is 5.91 Å². The van der Waals surface area contributed by atoms with Crippen LogP contribution in [-0.2, 0) is 0 Å². The number of carbonyl (C=O) groups excluding carboxylic acids is 1.